The Labute approximate surface area is 254 Å². The van der Waals surface area contributed by atoms with E-state index in [0.29, 0.717) is 0 Å². The minimum Gasteiger partial charge on any atom is -0.270 e. The molecule has 0 fully saturated rings. The summed E-state index contributed by atoms with van der Waals surface area (Å²) < 4.78 is 20.4. The van der Waals surface area contributed by atoms with Crippen molar-refractivity contribution in [3.63, 3.8) is 0 Å². The first-order valence-corrected chi connectivity index (χ1v) is 16.3. The van der Waals surface area contributed by atoms with Gasteiger partial charge in [0.15, 0.2) is 0 Å². The minimum absolute atomic E-state index is 0.792. The van der Waals surface area contributed by atoms with Crippen molar-refractivity contribution in [3.05, 3.63) is 162 Å². The lowest BCUT2D eigenvalue weighted by atomic mass is 10.0. The van der Waals surface area contributed by atoms with Gasteiger partial charge in [-0.25, -0.2) is 0 Å². The van der Waals surface area contributed by atoms with Gasteiger partial charge >= 0.3 is 7.44 Å². The van der Waals surface area contributed by atoms with Crippen LogP contribution in [0.15, 0.2) is 146 Å². The monoisotopic (exact) mass is 576 g/mol. The van der Waals surface area contributed by atoms with Crippen LogP contribution in [0.2, 0.25) is 0 Å². The predicted octanol–water partition coefficient (Wildman–Crippen LogP) is 10.8. The molecule has 0 unspecified atom stereocenters. The van der Waals surface area contributed by atoms with Gasteiger partial charge in [-0.1, -0.05) is 103 Å². The van der Waals surface area contributed by atoms with Gasteiger partial charge in [-0.15, -0.1) is 0 Å². The number of nitrogens with zero attached hydrogens (tertiary/aromatic N) is 2. The molecule has 0 N–H and O–H groups in total. The van der Waals surface area contributed by atoms with Gasteiger partial charge < -0.3 is 0 Å². The summed E-state index contributed by atoms with van der Waals surface area (Å²) in [5.41, 5.74) is 11.6. The number of hydrogen-bond donors (Lipinski definition) is 0. The van der Waals surface area contributed by atoms with Crippen molar-refractivity contribution >= 4 is 35.5 Å². The molecule has 0 aliphatic carbocycles. The van der Waals surface area contributed by atoms with Crippen LogP contribution in [0.5, 0.6) is 0 Å². The summed E-state index contributed by atoms with van der Waals surface area (Å²) in [4.78, 5) is 0. The van der Waals surface area contributed by atoms with Crippen LogP contribution in [0.1, 0.15) is 16.7 Å². The summed E-state index contributed by atoms with van der Waals surface area (Å²) in [6.07, 6.45) is 0. The number of anilines is 4. The molecule has 7 rings (SSSR count). The van der Waals surface area contributed by atoms with Gasteiger partial charge in [-0.05, 0) is 103 Å². The van der Waals surface area contributed by atoms with Crippen molar-refractivity contribution in [1.82, 2.24) is 0 Å². The Kier molecular flexibility index (Phi) is 6.76. The molecule has 0 spiro atoms. The predicted molar refractivity (Wildman–Crippen MR) is 182 cm³/mol. The van der Waals surface area contributed by atoms with Gasteiger partial charge in [0.25, 0.3) is 0 Å². The molecule has 4 heteroatoms. The van der Waals surface area contributed by atoms with Crippen LogP contribution < -0.4 is 14.6 Å². The molecular weight excluding hydrogens is 543 g/mol. The summed E-state index contributed by atoms with van der Waals surface area (Å²) in [5.74, 6) is 0. The van der Waals surface area contributed by atoms with Gasteiger partial charge in [0, 0.05) is 0 Å². The molecule has 3 nitrogen and oxygen atoms in total. The van der Waals surface area contributed by atoms with Crippen LogP contribution in [0, 0.1) is 20.8 Å². The second kappa shape index (κ2) is 10.8. The summed E-state index contributed by atoms with van der Waals surface area (Å²) in [6, 6.07) is 50.2. The molecule has 0 bridgehead atoms. The van der Waals surface area contributed by atoms with Gasteiger partial charge in [-0.2, -0.15) is 0 Å². The Balaban J connectivity index is 1.50. The molecule has 43 heavy (non-hydrogen) atoms. The molecule has 0 aromatic heterocycles. The molecule has 1 aliphatic heterocycles. The Hall–Kier alpha value is -4.85. The summed E-state index contributed by atoms with van der Waals surface area (Å²) >= 11 is 0. The first kappa shape index (κ1) is 27.0. The normalized spacial score (nSPS) is 13.7. The highest BCUT2D eigenvalue weighted by molar-refractivity contribution is 7.76. The maximum Gasteiger partial charge on any atom is 0.301 e. The third-order valence-electron chi connectivity index (χ3n) is 8.36. The van der Waals surface area contributed by atoms with Crippen molar-refractivity contribution in [3.8, 4) is 22.3 Å². The average molecular weight is 577 g/mol. The van der Waals surface area contributed by atoms with Crippen molar-refractivity contribution in [2.75, 3.05) is 9.34 Å². The fourth-order valence-electron chi connectivity index (χ4n) is 5.96. The highest BCUT2D eigenvalue weighted by atomic mass is 31.2. The SMILES string of the molecule is Cc1ccc(P2(=O)N(c3cccc(-c4ccccc4)c3)c3cc(C)c(C)cc3N2c2cccc(-c3ccccc3)c2)cc1. The number of benzene rings is 6. The van der Waals surface area contributed by atoms with Crippen molar-refractivity contribution in [2.45, 2.75) is 20.8 Å². The number of aryl methyl sites for hydroxylation is 3. The molecule has 0 radical (unpaired) electrons. The van der Waals surface area contributed by atoms with Crippen LogP contribution in [0.4, 0.5) is 22.7 Å². The molecule has 0 amide bonds. The van der Waals surface area contributed by atoms with Crippen molar-refractivity contribution < 1.29 is 4.57 Å². The highest BCUT2D eigenvalue weighted by Crippen LogP contribution is 2.70. The highest BCUT2D eigenvalue weighted by Gasteiger charge is 2.49. The Morgan fingerprint density at radius 3 is 1.30 bits per heavy atom. The minimum atomic E-state index is -3.48. The molecule has 1 heterocycles. The maximum atomic E-state index is 16.2. The standard InChI is InChI=1S/C39H33N2OP/c1-28-20-22-37(23-21-28)43(42)40(35-18-10-16-33(26-35)31-12-6-4-7-13-31)38-24-29(2)30(3)25-39(38)41(43)36-19-11-17-34(27-36)32-14-8-5-9-15-32/h4-27H,1-3H3. The molecular formula is C39H33N2OP. The topological polar surface area (TPSA) is 23.6 Å². The molecule has 210 valence electrons. The summed E-state index contributed by atoms with van der Waals surface area (Å²) in [5, 5.41) is 0.792. The Morgan fingerprint density at radius 2 is 0.860 bits per heavy atom. The van der Waals surface area contributed by atoms with Crippen LogP contribution in [0.25, 0.3) is 22.3 Å². The lowest BCUT2D eigenvalue weighted by molar-refractivity contribution is 0.582. The number of fused-ring (bicyclic) bond motifs is 1. The summed E-state index contributed by atoms with van der Waals surface area (Å²) in [7, 11) is -3.48. The van der Waals surface area contributed by atoms with Crippen LogP contribution >= 0.6 is 7.44 Å². The fraction of sp³-hybridized carbons (Fsp3) is 0.0769. The van der Waals surface area contributed by atoms with E-state index < -0.39 is 7.44 Å². The van der Waals surface area contributed by atoms with E-state index in [1.54, 1.807) is 0 Å². The third kappa shape index (κ3) is 4.67. The first-order chi connectivity index (χ1) is 20.9. The van der Waals surface area contributed by atoms with E-state index >= 15 is 4.57 Å². The second-order valence-electron chi connectivity index (χ2n) is 11.3. The number of rotatable bonds is 5. The first-order valence-electron chi connectivity index (χ1n) is 14.6. The molecule has 0 saturated carbocycles. The van der Waals surface area contributed by atoms with E-state index in [1.165, 1.54) is 11.1 Å². The van der Waals surface area contributed by atoms with Crippen LogP contribution in [-0.2, 0) is 4.57 Å². The zero-order valence-corrected chi connectivity index (χ0v) is 25.5. The Morgan fingerprint density at radius 1 is 0.442 bits per heavy atom. The molecule has 6 aromatic carbocycles. The lowest BCUT2D eigenvalue weighted by Crippen LogP contribution is -2.26. The van der Waals surface area contributed by atoms with Gasteiger partial charge in [0.05, 0.1) is 28.1 Å². The third-order valence-corrected chi connectivity index (χ3v) is 11.3. The molecule has 1 aliphatic rings. The fourth-order valence-corrected chi connectivity index (χ4v) is 8.92. The second-order valence-corrected chi connectivity index (χ2v) is 13.7. The van der Waals surface area contributed by atoms with Crippen molar-refractivity contribution in [2.24, 2.45) is 0 Å². The van der Waals surface area contributed by atoms with E-state index in [0.717, 1.165) is 55.9 Å². The quantitative estimate of drug-likeness (QED) is 0.191. The summed E-state index contributed by atoms with van der Waals surface area (Å²) in [6.45, 7) is 6.32. The lowest BCUT2D eigenvalue weighted by Gasteiger charge is -2.33. The maximum absolute atomic E-state index is 16.2. The molecule has 0 saturated heterocycles. The Bertz CT molecular complexity index is 1860. The largest absolute Gasteiger partial charge is 0.301 e. The van der Waals surface area contributed by atoms with Crippen molar-refractivity contribution in [1.29, 1.82) is 0 Å². The van der Waals surface area contributed by atoms with Gasteiger partial charge in [0.1, 0.15) is 0 Å². The molecule has 0 atom stereocenters. The van der Waals surface area contributed by atoms with E-state index in [2.05, 4.69) is 151 Å². The van der Waals surface area contributed by atoms with Gasteiger partial charge in [0.2, 0.25) is 0 Å². The van der Waals surface area contributed by atoms with E-state index in [4.69, 9.17) is 0 Å². The number of hydrogen-bond acceptors (Lipinski definition) is 1. The smallest absolute Gasteiger partial charge is 0.270 e. The van der Waals surface area contributed by atoms with E-state index in [1.807, 2.05) is 24.3 Å². The zero-order valence-electron chi connectivity index (χ0n) is 24.6. The van der Waals surface area contributed by atoms with E-state index in [-0.39, 0.29) is 0 Å². The van der Waals surface area contributed by atoms with E-state index in [9.17, 15) is 0 Å². The van der Waals surface area contributed by atoms with Crippen LogP contribution in [0.3, 0.4) is 0 Å². The van der Waals surface area contributed by atoms with Gasteiger partial charge in [-0.3, -0.25) is 13.9 Å². The zero-order chi connectivity index (χ0) is 29.6. The average Bonchev–Trinajstić information content (AvgIpc) is 3.30. The molecule has 6 aromatic rings. The van der Waals surface area contributed by atoms with Crippen LogP contribution in [-0.4, -0.2) is 0 Å².